The molecule has 0 spiro atoms. The van der Waals surface area contributed by atoms with Crippen molar-refractivity contribution in [1.29, 1.82) is 0 Å². The third kappa shape index (κ3) is 3.34. The molecule has 1 amide bonds. The van der Waals surface area contributed by atoms with Crippen LogP contribution in [0.2, 0.25) is 0 Å². The van der Waals surface area contributed by atoms with Crippen molar-refractivity contribution in [1.82, 2.24) is 4.90 Å². The Labute approximate surface area is 98.5 Å². The zero-order valence-corrected chi connectivity index (χ0v) is 10.2. The maximum absolute atomic E-state index is 11.9. The molecule has 0 radical (unpaired) electrons. The van der Waals surface area contributed by atoms with E-state index in [4.69, 9.17) is 5.11 Å². The summed E-state index contributed by atoms with van der Waals surface area (Å²) in [4.78, 5) is 24.8. The molecule has 0 bridgehead atoms. The van der Waals surface area contributed by atoms with Crippen LogP contribution in [0, 0.1) is 0 Å². The predicted octanol–water partition coefficient (Wildman–Crippen LogP) is 1.78. The van der Waals surface area contributed by atoms with Gasteiger partial charge >= 0.3 is 5.97 Å². The highest BCUT2D eigenvalue weighted by Gasteiger charge is 2.20. The molecule has 0 aromatic carbocycles. The summed E-state index contributed by atoms with van der Waals surface area (Å²) in [7, 11) is 1.63. The standard InChI is InChI=1S/C11H15NO3S/c1-8(9-4-3-7-16-9)11(15)12(2)6-5-10(13)14/h3-4,7-8H,5-6H2,1-2H3,(H,13,14)/t8-/m1/s1. The minimum absolute atomic E-state index is 0.0145. The van der Waals surface area contributed by atoms with Gasteiger partial charge in [-0.3, -0.25) is 9.59 Å². The molecule has 1 rings (SSSR count). The molecule has 1 aromatic heterocycles. The third-order valence-electron chi connectivity index (χ3n) is 2.38. The van der Waals surface area contributed by atoms with Gasteiger partial charge in [-0.05, 0) is 18.4 Å². The van der Waals surface area contributed by atoms with Crippen molar-refractivity contribution in [3.8, 4) is 0 Å². The van der Waals surface area contributed by atoms with Gasteiger partial charge in [-0.15, -0.1) is 11.3 Å². The number of aliphatic carboxylic acids is 1. The maximum atomic E-state index is 11.9. The Balaban J connectivity index is 2.53. The number of hydrogen-bond acceptors (Lipinski definition) is 3. The number of carbonyl (C=O) groups is 2. The number of carboxylic acids is 1. The van der Waals surface area contributed by atoms with Crippen LogP contribution in [0.1, 0.15) is 24.1 Å². The Morgan fingerprint density at radius 1 is 1.56 bits per heavy atom. The Morgan fingerprint density at radius 3 is 2.75 bits per heavy atom. The molecule has 0 aliphatic heterocycles. The first-order chi connectivity index (χ1) is 7.52. The molecular weight excluding hydrogens is 226 g/mol. The Kier molecular flexibility index (Phi) is 4.49. The van der Waals surface area contributed by atoms with Crippen LogP contribution in [0.5, 0.6) is 0 Å². The third-order valence-corrected chi connectivity index (χ3v) is 3.43. The van der Waals surface area contributed by atoms with Crippen molar-refractivity contribution >= 4 is 23.2 Å². The minimum atomic E-state index is -0.886. The zero-order chi connectivity index (χ0) is 12.1. The molecule has 0 aliphatic rings. The molecule has 4 nitrogen and oxygen atoms in total. The minimum Gasteiger partial charge on any atom is -0.481 e. The average Bonchev–Trinajstić information content (AvgIpc) is 2.77. The van der Waals surface area contributed by atoms with E-state index in [0.29, 0.717) is 0 Å². The average molecular weight is 241 g/mol. The summed E-state index contributed by atoms with van der Waals surface area (Å²) in [6.07, 6.45) is -0.0145. The number of carboxylic acid groups (broad SMARTS) is 1. The summed E-state index contributed by atoms with van der Waals surface area (Å²) in [5, 5.41) is 10.5. The van der Waals surface area contributed by atoms with Gasteiger partial charge in [0.15, 0.2) is 0 Å². The largest absolute Gasteiger partial charge is 0.481 e. The maximum Gasteiger partial charge on any atom is 0.305 e. The van der Waals surface area contributed by atoms with E-state index >= 15 is 0 Å². The van der Waals surface area contributed by atoms with E-state index < -0.39 is 5.97 Å². The van der Waals surface area contributed by atoms with Gasteiger partial charge in [0.25, 0.3) is 0 Å². The summed E-state index contributed by atoms with van der Waals surface area (Å²) in [5.74, 6) is -1.12. The van der Waals surface area contributed by atoms with Gasteiger partial charge in [0.05, 0.1) is 12.3 Å². The zero-order valence-electron chi connectivity index (χ0n) is 9.34. The number of carbonyl (C=O) groups excluding carboxylic acids is 1. The van der Waals surface area contributed by atoms with Crippen molar-refractivity contribution in [3.05, 3.63) is 22.4 Å². The smallest absolute Gasteiger partial charge is 0.305 e. The molecule has 0 aliphatic carbocycles. The summed E-state index contributed by atoms with van der Waals surface area (Å²) in [6, 6.07) is 3.82. The number of likely N-dealkylation sites (N-methyl/N-ethyl adjacent to an activating group) is 1. The van der Waals surface area contributed by atoms with Gasteiger partial charge in [-0.25, -0.2) is 0 Å². The van der Waals surface area contributed by atoms with Gasteiger partial charge in [0, 0.05) is 18.5 Å². The van der Waals surface area contributed by atoms with Crippen LogP contribution in [0.3, 0.4) is 0 Å². The van der Waals surface area contributed by atoms with Gasteiger partial charge in [-0.1, -0.05) is 6.07 Å². The molecule has 0 saturated heterocycles. The molecule has 5 heteroatoms. The van der Waals surface area contributed by atoms with E-state index in [0.717, 1.165) is 4.88 Å². The quantitative estimate of drug-likeness (QED) is 0.855. The van der Waals surface area contributed by atoms with Crippen molar-refractivity contribution < 1.29 is 14.7 Å². The van der Waals surface area contributed by atoms with Crippen LogP contribution in [0.4, 0.5) is 0 Å². The second-order valence-corrected chi connectivity index (χ2v) is 4.62. The Bertz CT molecular complexity index is 361. The highest BCUT2D eigenvalue weighted by molar-refractivity contribution is 7.10. The molecule has 1 aromatic rings. The van der Waals surface area contributed by atoms with Crippen molar-refractivity contribution in [3.63, 3.8) is 0 Å². The lowest BCUT2D eigenvalue weighted by Gasteiger charge is -2.19. The van der Waals surface area contributed by atoms with E-state index in [1.54, 1.807) is 7.05 Å². The SMILES string of the molecule is C[C@@H](C(=O)N(C)CCC(=O)O)c1cccs1. The summed E-state index contributed by atoms with van der Waals surface area (Å²) in [5.41, 5.74) is 0. The monoisotopic (exact) mass is 241 g/mol. The van der Waals surface area contributed by atoms with Crippen LogP contribution in [-0.2, 0) is 9.59 Å². The van der Waals surface area contributed by atoms with Gasteiger partial charge in [0.2, 0.25) is 5.91 Å². The van der Waals surface area contributed by atoms with Crippen LogP contribution in [0.15, 0.2) is 17.5 Å². The molecule has 88 valence electrons. The normalized spacial score (nSPS) is 12.1. The van der Waals surface area contributed by atoms with Crippen molar-refractivity contribution in [2.24, 2.45) is 0 Å². The lowest BCUT2D eigenvalue weighted by atomic mass is 10.1. The first-order valence-corrected chi connectivity index (χ1v) is 5.90. The molecule has 1 heterocycles. The van der Waals surface area contributed by atoms with E-state index in [9.17, 15) is 9.59 Å². The highest BCUT2D eigenvalue weighted by atomic mass is 32.1. The van der Waals surface area contributed by atoms with Crippen molar-refractivity contribution in [2.75, 3.05) is 13.6 Å². The number of nitrogens with zero attached hydrogens (tertiary/aromatic N) is 1. The fraction of sp³-hybridized carbons (Fsp3) is 0.455. The molecular formula is C11H15NO3S. The lowest BCUT2D eigenvalue weighted by Crippen LogP contribution is -2.32. The first-order valence-electron chi connectivity index (χ1n) is 5.02. The first kappa shape index (κ1) is 12.7. The Morgan fingerprint density at radius 2 is 2.25 bits per heavy atom. The second kappa shape index (κ2) is 5.65. The molecule has 0 unspecified atom stereocenters. The topological polar surface area (TPSA) is 57.6 Å². The number of hydrogen-bond donors (Lipinski definition) is 1. The second-order valence-electron chi connectivity index (χ2n) is 3.64. The van der Waals surface area contributed by atoms with Crippen LogP contribution in [0.25, 0.3) is 0 Å². The van der Waals surface area contributed by atoms with Crippen LogP contribution in [-0.4, -0.2) is 35.5 Å². The van der Waals surface area contributed by atoms with Crippen molar-refractivity contribution in [2.45, 2.75) is 19.3 Å². The Hall–Kier alpha value is -1.36. The van der Waals surface area contributed by atoms with Gasteiger partial charge in [0.1, 0.15) is 0 Å². The summed E-state index contributed by atoms with van der Waals surface area (Å²) >= 11 is 1.54. The summed E-state index contributed by atoms with van der Waals surface area (Å²) in [6.45, 7) is 2.09. The molecule has 0 saturated carbocycles. The molecule has 1 N–H and O–H groups in total. The molecule has 1 atom stereocenters. The van der Waals surface area contributed by atoms with E-state index in [1.807, 2.05) is 24.4 Å². The van der Waals surface area contributed by atoms with Gasteiger partial charge in [-0.2, -0.15) is 0 Å². The highest BCUT2D eigenvalue weighted by Crippen LogP contribution is 2.22. The van der Waals surface area contributed by atoms with E-state index in [1.165, 1.54) is 16.2 Å². The predicted molar refractivity (Wildman–Crippen MR) is 62.6 cm³/mol. The number of rotatable bonds is 5. The van der Waals surface area contributed by atoms with Crippen LogP contribution < -0.4 is 0 Å². The lowest BCUT2D eigenvalue weighted by molar-refractivity contribution is -0.138. The molecule has 0 fully saturated rings. The fourth-order valence-electron chi connectivity index (χ4n) is 1.36. The summed E-state index contributed by atoms with van der Waals surface area (Å²) < 4.78 is 0. The fourth-order valence-corrected chi connectivity index (χ4v) is 2.14. The number of thiophene rings is 1. The van der Waals surface area contributed by atoms with Gasteiger partial charge < -0.3 is 10.0 Å². The van der Waals surface area contributed by atoms with E-state index in [2.05, 4.69) is 0 Å². The van der Waals surface area contributed by atoms with E-state index in [-0.39, 0.29) is 24.8 Å². The van der Waals surface area contributed by atoms with Crippen LogP contribution >= 0.6 is 11.3 Å². The number of amides is 1. The molecule has 16 heavy (non-hydrogen) atoms.